The molecule has 0 aliphatic carbocycles. The fraction of sp³-hybridized carbons (Fsp3) is 0.250. The molecule has 0 radical (unpaired) electrons. The molecule has 0 bridgehead atoms. The predicted molar refractivity (Wildman–Crippen MR) is 73.4 cm³/mol. The molecule has 94 valence electrons. The van der Waals surface area contributed by atoms with Crippen molar-refractivity contribution >= 4 is 23.0 Å². The van der Waals surface area contributed by atoms with Gasteiger partial charge in [-0.2, -0.15) is 0 Å². The summed E-state index contributed by atoms with van der Waals surface area (Å²) in [6.07, 6.45) is 1.64. The SMILES string of the molecule is Cc1nc(CNc2ccc(C(N)=S)cn2)oc1C. The van der Waals surface area contributed by atoms with E-state index in [0.717, 1.165) is 22.8 Å². The maximum Gasteiger partial charge on any atom is 0.213 e. The summed E-state index contributed by atoms with van der Waals surface area (Å²) in [7, 11) is 0. The van der Waals surface area contributed by atoms with Crippen molar-refractivity contribution in [3.05, 3.63) is 41.2 Å². The summed E-state index contributed by atoms with van der Waals surface area (Å²) in [5.74, 6) is 2.21. The molecule has 0 unspecified atom stereocenters. The Labute approximate surface area is 110 Å². The molecule has 6 heteroatoms. The minimum absolute atomic E-state index is 0.341. The zero-order valence-electron chi connectivity index (χ0n) is 10.2. The summed E-state index contributed by atoms with van der Waals surface area (Å²) in [5, 5.41) is 3.12. The molecule has 0 aromatic carbocycles. The third-order valence-electron chi connectivity index (χ3n) is 2.54. The van der Waals surface area contributed by atoms with E-state index in [1.807, 2.05) is 26.0 Å². The molecule has 0 aliphatic rings. The van der Waals surface area contributed by atoms with Crippen molar-refractivity contribution in [2.24, 2.45) is 5.73 Å². The Balaban J connectivity index is 2.00. The molecule has 18 heavy (non-hydrogen) atoms. The van der Waals surface area contributed by atoms with Gasteiger partial charge in [-0.3, -0.25) is 0 Å². The van der Waals surface area contributed by atoms with Crippen LogP contribution in [0.15, 0.2) is 22.7 Å². The molecular weight excluding hydrogens is 248 g/mol. The molecule has 0 aliphatic heterocycles. The van der Waals surface area contributed by atoms with Crippen LogP contribution in [0.5, 0.6) is 0 Å². The summed E-state index contributed by atoms with van der Waals surface area (Å²) < 4.78 is 5.46. The van der Waals surface area contributed by atoms with Crippen molar-refractivity contribution in [1.82, 2.24) is 9.97 Å². The Morgan fingerprint density at radius 2 is 2.22 bits per heavy atom. The zero-order valence-corrected chi connectivity index (χ0v) is 11.0. The van der Waals surface area contributed by atoms with E-state index in [1.54, 1.807) is 6.20 Å². The zero-order chi connectivity index (χ0) is 13.1. The van der Waals surface area contributed by atoms with E-state index in [9.17, 15) is 0 Å². The van der Waals surface area contributed by atoms with Gasteiger partial charge in [0.05, 0.1) is 12.2 Å². The summed E-state index contributed by atoms with van der Waals surface area (Å²) in [4.78, 5) is 8.81. The molecule has 0 saturated carbocycles. The number of nitrogens with one attached hydrogen (secondary N) is 1. The van der Waals surface area contributed by atoms with Crippen LogP contribution in [-0.2, 0) is 6.54 Å². The number of rotatable bonds is 4. The van der Waals surface area contributed by atoms with Crippen LogP contribution in [0.2, 0.25) is 0 Å². The molecule has 3 N–H and O–H groups in total. The van der Waals surface area contributed by atoms with Crippen LogP contribution in [0.25, 0.3) is 0 Å². The molecular formula is C12H14N4OS. The Hall–Kier alpha value is -1.95. The lowest BCUT2D eigenvalue weighted by molar-refractivity contribution is 0.478. The highest BCUT2D eigenvalue weighted by atomic mass is 32.1. The van der Waals surface area contributed by atoms with Gasteiger partial charge in [0.15, 0.2) is 0 Å². The molecule has 0 fully saturated rings. The molecule has 2 aromatic heterocycles. The number of thiocarbonyl (C=S) groups is 1. The van der Waals surface area contributed by atoms with Crippen molar-refractivity contribution in [2.45, 2.75) is 20.4 Å². The number of hydrogen-bond acceptors (Lipinski definition) is 5. The van der Waals surface area contributed by atoms with Gasteiger partial charge < -0.3 is 15.5 Å². The van der Waals surface area contributed by atoms with Gasteiger partial charge in [0, 0.05) is 11.8 Å². The van der Waals surface area contributed by atoms with Crippen LogP contribution >= 0.6 is 12.2 Å². The van der Waals surface area contributed by atoms with E-state index in [1.165, 1.54) is 0 Å². The van der Waals surface area contributed by atoms with Crippen LogP contribution in [0.4, 0.5) is 5.82 Å². The first-order valence-electron chi connectivity index (χ1n) is 5.49. The van der Waals surface area contributed by atoms with E-state index < -0.39 is 0 Å². The van der Waals surface area contributed by atoms with E-state index in [0.29, 0.717) is 17.4 Å². The topological polar surface area (TPSA) is 77.0 Å². The minimum Gasteiger partial charge on any atom is -0.444 e. The van der Waals surface area contributed by atoms with Gasteiger partial charge in [0.25, 0.3) is 0 Å². The van der Waals surface area contributed by atoms with Crippen molar-refractivity contribution in [3.8, 4) is 0 Å². The van der Waals surface area contributed by atoms with Crippen LogP contribution < -0.4 is 11.1 Å². The smallest absolute Gasteiger partial charge is 0.213 e. The maximum atomic E-state index is 5.49. The van der Waals surface area contributed by atoms with E-state index in [2.05, 4.69) is 15.3 Å². The number of aromatic nitrogens is 2. The Morgan fingerprint density at radius 1 is 1.44 bits per heavy atom. The Kier molecular flexibility index (Phi) is 3.57. The number of pyridine rings is 1. The molecule has 2 heterocycles. The van der Waals surface area contributed by atoms with E-state index in [4.69, 9.17) is 22.4 Å². The van der Waals surface area contributed by atoms with E-state index >= 15 is 0 Å². The Morgan fingerprint density at radius 3 is 2.72 bits per heavy atom. The number of hydrogen-bond donors (Lipinski definition) is 2. The molecule has 2 aromatic rings. The van der Waals surface area contributed by atoms with Crippen LogP contribution in [0, 0.1) is 13.8 Å². The lowest BCUT2D eigenvalue weighted by Gasteiger charge is -2.03. The summed E-state index contributed by atoms with van der Waals surface area (Å²) >= 11 is 4.86. The highest BCUT2D eigenvalue weighted by molar-refractivity contribution is 7.80. The van der Waals surface area contributed by atoms with Crippen LogP contribution in [0.3, 0.4) is 0 Å². The normalized spacial score (nSPS) is 10.3. The van der Waals surface area contributed by atoms with Gasteiger partial charge in [-0.05, 0) is 26.0 Å². The average Bonchev–Trinajstić information content (AvgIpc) is 2.67. The monoisotopic (exact) mass is 262 g/mol. The van der Waals surface area contributed by atoms with Gasteiger partial charge in [-0.15, -0.1) is 0 Å². The number of anilines is 1. The first kappa shape index (κ1) is 12.5. The van der Waals surface area contributed by atoms with Gasteiger partial charge in [0.1, 0.15) is 16.6 Å². The second-order valence-electron chi connectivity index (χ2n) is 3.90. The van der Waals surface area contributed by atoms with Gasteiger partial charge in [-0.1, -0.05) is 12.2 Å². The summed E-state index contributed by atoms with van der Waals surface area (Å²) in [6.45, 7) is 4.30. The molecule has 0 spiro atoms. The minimum atomic E-state index is 0.341. The van der Waals surface area contributed by atoms with Crippen LogP contribution in [0.1, 0.15) is 22.9 Å². The lowest BCUT2D eigenvalue weighted by Crippen LogP contribution is -2.10. The highest BCUT2D eigenvalue weighted by Crippen LogP contribution is 2.11. The number of nitrogens with zero attached hydrogens (tertiary/aromatic N) is 2. The third-order valence-corrected chi connectivity index (χ3v) is 2.78. The van der Waals surface area contributed by atoms with Crippen molar-refractivity contribution in [1.29, 1.82) is 0 Å². The van der Waals surface area contributed by atoms with Crippen molar-refractivity contribution in [3.63, 3.8) is 0 Å². The largest absolute Gasteiger partial charge is 0.444 e. The molecule has 0 saturated heterocycles. The second-order valence-corrected chi connectivity index (χ2v) is 4.34. The standard InChI is InChI=1S/C12H14N4OS/c1-7-8(2)17-11(16-7)6-15-10-4-3-9(5-14-10)12(13)18/h3-5H,6H2,1-2H3,(H2,13,18)(H,14,15). The quantitative estimate of drug-likeness (QED) is 0.820. The number of aryl methyl sites for hydroxylation is 2. The fourth-order valence-corrected chi connectivity index (χ4v) is 1.55. The summed E-state index contributed by atoms with van der Waals surface area (Å²) in [5.41, 5.74) is 7.15. The molecule has 0 atom stereocenters. The highest BCUT2D eigenvalue weighted by Gasteiger charge is 2.05. The lowest BCUT2D eigenvalue weighted by atomic mass is 10.3. The second kappa shape index (κ2) is 5.14. The predicted octanol–water partition coefficient (Wildman–Crippen LogP) is 1.93. The summed E-state index contributed by atoms with van der Waals surface area (Å²) in [6, 6.07) is 3.64. The van der Waals surface area contributed by atoms with Gasteiger partial charge in [0.2, 0.25) is 5.89 Å². The van der Waals surface area contributed by atoms with E-state index in [-0.39, 0.29) is 0 Å². The van der Waals surface area contributed by atoms with Crippen molar-refractivity contribution in [2.75, 3.05) is 5.32 Å². The van der Waals surface area contributed by atoms with Crippen LogP contribution in [-0.4, -0.2) is 15.0 Å². The van der Waals surface area contributed by atoms with Crippen molar-refractivity contribution < 1.29 is 4.42 Å². The average molecular weight is 262 g/mol. The van der Waals surface area contributed by atoms with Gasteiger partial charge in [-0.25, -0.2) is 9.97 Å². The molecule has 5 nitrogen and oxygen atoms in total. The first-order chi connectivity index (χ1) is 8.56. The number of nitrogens with two attached hydrogens (primary N) is 1. The third kappa shape index (κ3) is 2.84. The Bertz CT molecular complexity index is 542. The fourth-order valence-electron chi connectivity index (χ4n) is 1.43. The molecule has 0 amide bonds. The maximum absolute atomic E-state index is 5.49. The first-order valence-corrected chi connectivity index (χ1v) is 5.89. The molecule has 2 rings (SSSR count). The van der Waals surface area contributed by atoms with Gasteiger partial charge >= 0.3 is 0 Å². The number of oxazole rings is 1.